The predicted octanol–water partition coefficient (Wildman–Crippen LogP) is 4.16. The van der Waals surface area contributed by atoms with Crippen LogP contribution >= 0.6 is 46.3 Å². The van der Waals surface area contributed by atoms with Crippen molar-refractivity contribution in [2.75, 3.05) is 0 Å². The molecule has 0 N–H and O–H groups in total. The highest BCUT2D eigenvalue weighted by molar-refractivity contribution is 14.2. The fourth-order valence-corrected chi connectivity index (χ4v) is 3.39. The molecule has 0 radical (unpaired) electrons. The van der Waals surface area contributed by atoms with E-state index in [0.717, 1.165) is 9.86 Å². The number of hydrogen-bond donors (Lipinski definition) is 0. The molecule has 0 saturated heterocycles. The van der Waals surface area contributed by atoms with Crippen LogP contribution in [0.4, 0.5) is 5.69 Å². The molecule has 1 aromatic carbocycles. The normalized spacial score (nSPS) is 10.8. The van der Waals surface area contributed by atoms with Crippen LogP contribution in [0.25, 0.3) is 10.9 Å². The van der Waals surface area contributed by atoms with Crippen LogP contribution in [0.15, 0.2) is 28.9 Å². The van der Waals surface area contributed by atoms with Crippen molar-refractivity contribution in [3.05, 3.63) is 39.0 Å². The maximum Gasteiger partial charge on any atom is 0.294 e. The Bertz CT molecular complexity index is 543. The predicted molar refractivity (Wildman–Crippen MR) is 73.3 cm³/mol. The lowest BCUT2D eigenvalue weighted by molar-refractivity contribution is -0.383. The van der Waals surface area contributed by atoms with E-state index >= 15 is 0 Å². The molecule has 2 rings (SSSR count). The van der Waals surface area contributed by atoms with Gasteiger partial charge in [0.2, 0.25) is 0 Å². The Kier molecular flexibility index (Phi) is 3.21. The maximum absolute atomic E-state index is 10.9. The number of rotatable bonds is 2. The number of benzene rings is 1. The molecular weight excluding hydrogens is 395 g/mol. The summed E-state index contributed by atoms with van der Waals surface area (Å²) in [7, 11) is 1.40. The molecular formula is C8H4BrIN2O2S. The van der Waals surface area contributed by atoms with Gasteiger partial charge in [-0.1, -0.05) is 12.1 Å². The second kappa shape index (κ2) is 4.30. The number of nitro groups is 1. The molecule has 0 unspecified atom stereocenters. The van der Waals surface area contributed by atoms with Gasteiger partial charge in [0.05, 0.1) is 4.92 Å². The van der Waals surface area contributed by atoms with Gasteiger partial charge in [-0.25, -0.2) is 0 Å². The SMILES string of the molecule is O=[N+]([O-])c1cccc2c(Br)cn(SI)c12. The fraction of sp³-hybridized carbons (Fsp3) is 0. The first kappa shape index (κ1) is 11.2. The second-order valence-electron chi connectivity index (χ2n) is 2.80. The van der Waals surface area contributed by atoms with E-state index in [9.17, 15) is 10.1 Å². The first-order valence-electron chi connectivity index (χ1n) is 3.88. The Morgan fingerprint density at radius 1 is 1.53 bits per heavy atom. The van der Waals surface area contributed by atoms with Crippen LogP contribution in [-0.4, -0.2) is 8.90 Å². The third-order valence-corrected chi connectivity index (χ3v) is 4.34. The summed E-state index contributed by atoms with van der Waals surface area (Å²) in [6, 6.07) is 5.06. The van der Waals surface area contributed by atoms with Gasteiger partial charge in [0.15, 0.2) is 0 Å². The first-order valence-corrected chi connectivity index (χ1v) is 7.99. The highest BCUT2D eigenvalue weighted by atomic mass is 127. The lowest BCUT2D eigenvalue weighted by Gasteiger charge is -1.98. The third kappa shape index (κ3) is 1.87. The molecule has 0 amide bonds. The van der Waals surface area contributed by atoms with Crippen molar-refractivity contribution in [2.45, 2.75) is 0 Å². The molecule has 1 aromatic heterocycles. The lowest BCUT2D eigenvalue weighted by Crippen LogP contribution is -1.91. The summed E-state index contributed by atoms with van der Waals surface area (Å²) < 4.78 is 2.64. The van der Waals surface area contributed by atoms with Gasteiger partial charge < -0.3 is 0 Å². The van der Waals surface area contributed by atoms with Crippen LogP contribution in [0.2, 0.25) is 0 Å². The van der Waals surface area contributed by atoms with Crippen LogP contribution in [0.1, 0.15) is 0 Å². The van der Waals surface area contributed by atoms with E-state index in [2.05, 4.69) is 37.1 Å². The summed E-state index contributed by atoms with van der Waals surface area (Å²) >= 11 is 5.47. The highest BCUT2D eigenvalue weighted by Crippen LogP contribution is 2.36. The van der Waals surface area contributed by atoms with Gasteiger partial charge in [-0.05, 0) is 15.9 Å². The van der Waals surface area contributed by atoms with Gasteiger partial charge in [0.1, 0.15) is 5.52 Å². The van der Waals surface area contributed by atoms with E-state index < -0.39 is 0 Å². The van der Waals surface area contributed by atoms with Gasteiger partial charge in [-0.15, -0.1) is 0 Å². The summed E-state index contributed by atoms with van der Waals surface area (Å²) in [5.74, 6) is 0. The molecule has 7 heteroatoms. The van der Waals surface area contributed by atoms with Gasteiger partial charge in [-0.2, -0.15) is 0 Å². The largest absolute Gasteiger partial charge is 0.294 e. The van der Waals surface area contributed by atoms with Gasteiger partial charge in [0.25, 0.3) is 5.69 Å². The topological polar surface area (TPSA) is 48.1 Å². The van der Waals surface area contributed by atoms with Crippen molar-refractivity contribution < 1.29 is 4.92 Å². The van der Waals surface area contributed by atoms with Crippen molar-refractivity contribution >= 4 is 62.8 Å². The average Bonchev–Trinajstić information content (AvgIpc) is 2.55. The highest BCUT2D eigenvalue weighted by Gasteiger charge is 2.17. The molecule has 1 heterocycles. The number of nitrogens with zero attached hydrogens (tertiary/aromatic N) is 2. The van der Waals surface area contributed by atoms with Crippen LogP contribution in [0.5, 0.6) is 0 Å². The number of aromatic nitrogens is 1. The van der Waals surface area contributed by atoms with Crippen molar-refractivity contribution in [1.82, 2.24) is 3.97 Å². The van der Waals surface area contributed by atoms with E-state index in [4.69, 9.17) is 0 Å². The van der Waals surface area contributed by atoms with Crippen LogP contribution in [0, 0.1) is 10.1 Å². The monoisotopic (exact) mass is 398 g/mol. The molecule has 2 aromatic rings. The summed E-state index contributed by atoms with van der Waals surface area (Å²) in [6.45, 7) is 0. The Labute approximate surface area is 110 Å². The molecule has 15 heavy (non-hydrogen) atoms. The van der Waals surface area contributed by atoms with Crippen molar-refractivity contribution in [2.24, 2.45) is 0 Å². The molecule has 0 bridgehead atoms. The molecule has 0 atom stereocenters. The molecule has 0 spiro atoms. The van der Waals surface area contributed by atoms with E-state index in [1.165, 1.54) is 15.2 Å². The van der Waals surface area contributed by atoms with E-state index in [0.29, 0.717) is 5.52 Å². The van der Waals surface area contributed by atoms with Gasteiger partial charge >= 0.3 is 0 Å². The zero-order chi connectivity index (χ0) is 11.0. The maximum atomic E-state index is 10.9. The minimum atomic E-state index is -0.363. The average molecular weight is 399 g/mol. The molecule has 0 fully saturated rings. The Balaban J connectivity index is 2.88. The minimum Gasteiger partial charge on any atom is -0.275 e. The smallest absolute Gasteiger partial charge is 0.275 e. The molecule has 0 aliphatic carbocycles. The first-order chi connectivity index (χ1) is 7.15. The van der Waals surface area contributed by atoms with E-state index in [1.807, 2.05) is 12.3 Å². The number of fused-ring (bicyclic) bond motifs is 1. The number of hydrogen-bond acceptors (Lipinski definition) is 3. The standard InChI is InChI=1S/C8H4BrIN2O2S/c9-6-4-11(15-10)8-5(6)2-1-3-7(8)12(13)14/h1-4H. The van der Waals surface area contributed by atoms with Gasteiger partial charge in [0, 0.05) is 52.4 Å². The van der Waals surface area contributed by atoms with Crippen LogP contribution < -0.4 is 0 Å². The van der Waals surface area contributed by atoms with E-state index in [-0.39, 0.29) is 10.6 Å². The molecule has 4 nitrogen and oxygen atoms in total. The number of halogens is 2. The summed E-state index contributed by atoms with van der Waals surface area (Å²) in [5.41, 5.74) is 0.760. The van der Waals surface area contributed by atoms with Crippen molar-refractivity contribution in [3.8, 4) is 0 Å². The lowest BCUT2D eigenvalue weighted by atomic mass is 10.2. The zero-order valence-corrected chi connectivity index (χ0v) is 11.7. The van der Waals surface area contributed by atoms with E-state index in [1.54, 1.807) is 10.0 Å². The summed E-state index contributed by atoms with van der Waals surface area (Å²) in [4.78, 5) is 10.5. The minimum absolute atomic E-state index is 0.127. The van der Waals surface area contributed by atoms with Crippen LogP contribution in [-0.2, 0) is 0 Å². The van der Waals surface area contributed by atoms with Crippen LogP contribution in [0.3, 0.4) is 0 Å². The molecule has 0 aliphatic rings. The number of para-hydroxylation sites is 1. The molecule has 0 saturated carbocycles. The van der Waals surface area contributed by atoms with Crippen molar-refractivity contribution in [1.29, 1.82) is 0 Å². The van der Waals surface area contributed by atoms with Gasteiger partial charge in [-0.3, -0.25) is 14.1 Å². The number of nitro benzene ring substituents is 1. The summed E-state index contributed by atoms with van der Waals surface area (Å²) in [6.07, 6.45) is 1.83. The summed E-state index contributed by atoms with van der Waals surface area (Å²) in [5, 5.41) is 11.7. The Morgan fingerprint density at radius 2 is 2.27 bits per heavy atom. The van der Waals surface area contributed by atoms with Crippen molar-refractivity contribution in [3.63, 3.8) is 0 Å². The zero-order valence-electron chi connectivity index (χ0n) is 7.18. The second-order valence-corrected chi connectivity index (χ2v) is 5.37. The quantitative estimate of drug-likeness (QED) is 0.433. The number of non-ortho nitro benzene ring substituents is 1. The Morgan fingerprint density at radius 3 is 2.87 bits per heavy atom. The molecule has 0 aliphatic heterocycles. The third-order valence-electron chi connectivity index (χ3n) is 1.99. The Hall–Kier alpha value is -0.280. The molecule has 78 valence electrons. The fourth-order valence-electron chi connectivity index (χ4n) is 1.39.